The fraction of sp³-hybridized carbons (Fsp3) is 0.500. The lowest BCUT2D eigenvalue weighted by molar-refractivity contribution is -0.121. The van der Waals surface area contributed by atoms with E-state index in [2.05, 4.69) is 40.4 Å². The van der Waals surface area contributed by atoms with E-state index in [1.165, 1.54) is 6.07 Å². The van der Waals surface area contributed by atoms with Gasteiger partial charge in [0.05, 0.1) is 6.54 Å². The molecule has 1 atom stereocenters. The van der Waals surface area contributed by atoms with Gasteiger partial charge in [0.15, 0.2) is 0 Å². The molecule has 2 N–H and O–H groups in total. The maximum absolute atomic E-state index is 13.4. The lowest BCUT2D eigenvalue weighted by Crippen LogP contribution is -2.41. The molecule has 0 aromatic heterocycles. The van der Waals surface area contributed by atoms with Gasteiger partial charge in [0.1, 0.15) is 5.82 Å². The minimum atomic E-state index is -0.272. The highest BCUT2D eigenvalue weighted by Crippen LogP contribution is 2.15. The normalized spacial score (nSPS) is 12.5. The van der Waals surface area contributed by atoms with Gasteiger partial charge in [-0.2, -0.15) is 0 Å². The molecule has 0 aliphatic carbocycles. The summed E-state index contributed by atoms with van der Waals surface area (Å²) in [5.41, 5.74) is 0.541. The summed E-state index contributed by atoms with van der Waals surface area (Å²) in [5.74, 6) is 0.0507. The van der Waals surface area contributed by atoms with Crippen LogP contribution in [0.3, 0.4) is 0 Å². The van der Waals surface area contributed by atoms with E-state index in [1.807, 2.05) is 6.92 Å². The van der Waals surface area contributed by atoms with Crippen molar-refractivity contribution in [2.75, 3.05) is 6.54 Å². The van der Waals surface area contributed by atoms with Gasteiger partial charge in [0, 0.05) is 22.6 Å². The van der Waals surface area contributed by atoms with Gasteiger partial charge in [-0.3, -0.25) is 4.79 Å². The van der Waals surface area contributed by atoms with Crippen molar-refractivity contribution in [2.24, 2.45) is 5.92 Å². The van der Waals surface area contributed by atoms with Crippen LogP contribution in [0.1, 0.15) is 26.3 Å². The summed E-state index contributed by atoms with van der Waals surface area (Å²) in [7, 11) is 0. The first-order chi connectivity index (χ1) is 8.90. The number of amides is 1. The second-order valence-electron chi connectivity index (χ2n) is 4.94. The van der Waals surface area contributed by atoms with Crippen LogP contribution in [0.15, 0.2) is 22.7 Å². The van der Waals surface area contributed by atoms with Crippen molar-refractivity contribution in [2.45, 2.75) is 33.4 Å². The first-order valence-corrected chi connectivity index (χ1v) is 7.13. The Morgan fingerprint density at radius 3 is 2.68 bits per heavy atom. The molecule has 1 unspecified atom stereocenters. The molecule has 0 radical (unpaired) electrons. The van der Waals surface area contributed by atoms with E-state index >= 15 is 0 Å². The van der Waals surface area contributed by atoms with E-state index in [9.17, 15) is 9.18 Å². The van der Waals surface area contributed by atoms with Gasteiger partial charge in [-0.25, -0.2) is 4.39 Å². The van der Waals surface area contributed by atoms with Crippen LogP contribution < -0.4 is 10.6 Å². The number of nitrogens with one attached hydrogen (secondary N) is 2. The largest absolute Gasteiger partial charge is 0.352 e. The Balaban J connectivity index is 2.38. The molecule has 1 aromatic carbocycles. The fourth-order valence-electron chi connectivity index (χ4n) is 1.46. The van der Waals surface area contributed by atoms with Crippen LogP contribution in [0.25, 0.3) is 0 Å². The van der Waals surface area contributed by atoms with E-state index in [4.69, 9.17) is 0 Å². The first kappa shape index (κ1) is 16.1. The van der Waals surface area contributed by atoms with Crippen LogP contribution in [0, 0.1) is 11.7 Å². The van der Waals surface area contributed by atoms with Gasteiger partial charge in [0.25, 0.3) is 0 Å². The predicted octanol–water partition coefficient (Wildman–Crippen LogP) is 2.84. The van der Waals surface area contributed by atoms with Crippen molar-refractivity contribution in [3.8, 4) is 0 Å². The quantitative estimate of drug-likeness (QED) is 0.842. The van der Waals surface area contributed by atoms with Gasteiger partial charge in [-0.15, -0.1) is 0 Å². The Bertz CT molecular complexity index is 437. The van der Waals surface area contributed by atoms with Crippen LogP contribution in [-0.2, 0) is 11.3 Å². The molecule has 3 nitrogen and oxygen atoms in total. The summed E-state index contributed by atoms with van der Waals surface area (Å²) in [6.45, 7) is 6.58. The molecular formula is C14H20BrFN2O. The molecule has 0 bridgehead atoms. The third kappa shape index (κ3) is 5.70. The number of halogens is 2. The highest BCUT2D eigenvalue weighted by molar-refractivity contribution is 9.10. The van der Waals surface area contributed by atoms with Gasteiger partial charge >= 0.3 is 0 Å². The number of carbonyl (C=O) groups is 1. The fourth-order valence-corrected chi connectivity index (χ4v) is 1.87. The second-order valence-corrected chi connectivity index (χ2v) is 5.86. The van der Waals surface area contributed by atoms with E-state index in [0.717, 1.165) is 4.47 Å². The molecule has 0 aliphatic rings. The zero-order chi connectivity index (χ0) is 14.4. The Kier molecular flexibility index (Phi) is 6.45. The standard InChI is InChI=1S/C14H20BrFN2O/c1-9(2)10(3)18-14(19)8-17-7-11-6-12(15)4-5-13(11)16/h4-6,9-10,17H,7-8H2,1-3H3,(H,18,19). The lowest BCUT2D eigenvalue weighted by atomic mass is 10.1. The molecule has 1 amide bonds. The van der Waals surface area contributed by atoms with Crippen LogP contribution >= 0.6 is 15.9 Å². The smallest absolute Gasteiger partial charge is 0.234 e. The molecule has 19 heavy (non-hydrogen) atoms. The van der Waals surface area contributed by atoms with Crippen molar-refractivity contribution in [3.63, 3.8) is 0 Å². The molecule has 0 spiro atoms. The number of hydrogen-bond acceptors (Lipinski definition) is 2. The summed E-state index contributed by atoms with van der Waals surface area (Å²) >= 11 is 3.29. The van der Waals surface area contributed by atoms with Crippen LogP contribution in [0.5, 0.6) is 0 Å². The number of benzene rings is 1. The van der Waals surface area contributed by atoms with Crippen molar-refractivity contribution < 1.29 is 9.18 Å². The molecule has 1 aromatic rings. The Morgan fingerprint density at radius 1 is 1.37 bits per heavy atom. The molecular weight excluding hydrogens is 311 g/mol. The third-order valence-electron chi connectivity index (χ3n) is 3.00. The molecule has 5 heteroatoms. The monoisotopic (exact) mass is 330 g/mol. The molecule has 0 aliphatic heterocycles. The van der Waals surface area contributed by atoms with E-state index < -0.39 is 0 Å². The number of hydrogen-bond donors (Lipinski definition) is 2. The van der Waals surface area contributed by atoms with Crippen LogP contribution in [0.2, 0.25) is 0 Å². The Labute approximate surface area is 122 Å². The molecule has 0 heterocycles. The Morgan fingerprint density at radius 2 is 2.05 bits per heavy atom. The third-order valence-corrected chi connectivity index (χ3v) is 3.49. The van der Waals surface area contributed by atoms with Crippen molar-refractivity contribution >= 4 is 21.8 Å². The van der Waals surface area contributed by atoms with Crippen LogP contribution in [0.4, 0.5) is 4.39 Å². The minimum Gasteiger partial charge on any atom is -0.352 e. The minimum absolute atomic E-state index is 0.0726. The van der Waals surface area contributed by atoms with E-state index in [-0.39, 0.29) is 24.3 Å². The summed E-state index contributed by atoms with van der Waals surface area (Å²) < 4.78 is 14.3. The Hall–Kier alpha value is -0.940. The SMILES string of the molecule is CC(C)C(C)NC(=O)CNCc1cc(Br)ccc1F. The first-order valence-electron chi connectivity index (χ1n) is 6.34. The predicted molar refractivity (Wildman–Crippen MR) is 78.2 cm³/mol. The summed E-state index contributed by atoms with van der Waals surface area (Å²) in [5, 5.41) is 5.83. The summed E-state index contributed by atoms with van der Waals surface area (Å²) in [6, 6.07) is 4.89. The lowest BCUT2D eigenvalue weighted by Gasteiger charge is -2.17. The van der Waals surface area contributed by atoms with Gasteiger partial charge in [-0.05, 0) is 31.0 Å². The number of rotatable bonds is 6. The second kappa shape index (κ2) is 7.60. The van der Waals surface area contributed by atoms with E-state index in [1.54, 1.807) is 12.1 Å². The molecule has 0 saturated heterocycles. The molecule has 1 rings (SSSR count). The van der Waals surface area contributed by atoms with Crippen molar-refractivity contribution in [1.82, 2.24) is 10.6 Å². The highest BCUT2D eigenvalue weighted by Gasteiger charge is 2.10. The average Bonchev–Trinajstić information content (AvgIpc) is 2.33. The molecule has 106 valence electrons. The van der Waals surface area contributed by atoms with Crippen LogP contribution in [-0.4, -0.2) is 18.5 Å². The maximum atomic E-state index is 13.4. The zero-order valence-electron chi connectivity index (χ0n) is 11.5. The van der Waals surface area contributed by atoms with Gasteiger partial charge in [-0.1, -0.05) is 29.8 Å². The summed E-state index contributed by atoms with van der Waals surface area (Å²) in [4.78, 5) is 11.6. The maximum Gasteiger partial charge on any atom is 0.234 e. The molecule has 0 fully saturated rings. The molecule has 0 saturated carbocycles. The van der Waals surface area contributed by atoms with Gasteiger partial charge in [0.2, 0.25) is 5.91 Å². The highest BCUT2D eigenvalue weighted by atomic mass is 79.9. The van der Waals surface area contributed by atoms with E-state index in [0.29, 0.717) is 18.0 Å². The van der Waals surface area contributed by atoms with Gasteiger partial charge < -0.3 is 10.6 Å². The average molecular weight is 331 g/mol. The van der Waals surface area contributed by atoms with Crippen molar-refractivity contribution in [3.05, 3.63) is 34.1 Å². The summed E-state index contributed by atoms with van der Waals surface area (Å²) in [6.07, 6.45) is 0. The van der Waals surface area contributed by atoms with Crippen molar-refractivity contribution in [1.29, 1.82) is 0 Å². The number of carbonyl (C=O) groups excluding carboxylic acids is 1. The topological polar surface area (TPSA) is 41.1 Å². The zero-order valence-corrected chi connectivity index (χ0v) is 13.1.